The molecule has 1 heterocycles. The summed E-state index contributed by atoms with van der Waals surface area (Å²) in [6.45, 7) is 1.23. The van der Waals surface area contributed by atoms with Gasteiger partial charge < -0.3 is 14.6 Å². The van der Waals surface area contributed by atoms with E-state index < -0.39 is 29.6 Å². The van der Waals surface area contributed by atoms with Crippen molar-refractivity contribution < 1.29 is 28.2 Å². The van der Waals surface area contributed by atoms with Crippen molar-refractivity contribution in [1.82, 2.24) is 4.90 Å². The number of ether oxygens (including phenoxy) is 2. The van der Waals surface area contributed by atoms with Crippen LogP contribution in [0.25, 0.3) is 0 Å². The molecule has 2 unspecified atom stereocenters. The summed E-state index contributed by atoms with van der Waals surface area (Å²) in [4.78, 5) is 13.6. The van der Waals surface area contributed by atoms with Crippen LogP contribution in [0.5, 0.6) is 11.5 Å². The van der Waals surface area contributed by atoms with Crippen molar-refractivity contribution in [2.45, 2.75) is 25.5 Å². The van der Waals surface area contributed by atoms with Crippen LogP contribution in [0.4, 0.5) is 8.78 Å². The van der Waals surface area contributed by atoms with Gasteiger partial charge in [-0.15, -0.1) is 0 Å². The minimum absolute atomic E-state index is 0.269. The molecular weight excluding hydrogens is 440 g/mol. The summed E-state index contributed by atoms with van der Waals surface area (Å²) < 4.78 is 40.1. The Morgan fingerprint density at radius 1 is 1.09 bits per heavy atom. The highest BCUT2D eigenvalue weighted by Crippen LogP contribution is 2.38. The lowest BCUT2D eigenvalue weighted by molar-refractivity contribution is -0.143. The maximum Gasteiger partial charge on any atom is 0.307 e. The van der Waals surface area contributed by atoms with Crippen molar-refractivity contribution in [3.8, 4) is 11.5 Å². The number of nitrogens with zero attached hydrogens (tertiary/aromatic N) is 1. The van der Waals surface area contributed by atoms with Gasteiger partial charge >= 0.3 is 5.97 Å². The van der Waals surface area contributed by atoms with Gasteiger partial charge in [-0.1, -0.05) is 42.5 Å². The fourth-order valence-electron chi connectivity index (χ4n) is 4.46. The molecule has 3 aromatic rings. The fraction of sp³-hybridized carbons (Fsp3) is 0.296. The van der Waals surface area contributed by atoms with Gasteiger partial charge in [0.2, 0.25) is 0 Å². The first kappa shape index (κ1) is 23.7. The van der Waals surface area contributed by atoms with Crippen LogP contribution in [-0.4, -0.2) is 36.2 Å². The molecule has 0 bridgehead atoms. The van der Waals surface area contributed by atoms with Gasteiger partial charge in [-0.05, 0) is 48.7 Å². The van der Waals surface area contributed by atoms with Gasteiger partial charge in [-0.3, -0.25) is 9.69 Å². The monoisotopic (exact) mass is 467 g/mol. The summed E-state index contributed by atoms with van der Waals surface area (Å²) in [5.41, 5.74) is 2.00. The summed E-state index contributed by atoms with van der Waals surface area (Å²) >= 11 is 0. The maximum absolute atomic E-state index is 14.9. The summed E-state index contributed by atoms with van der Waals surface area (Å²) in [5.74, 6) is -1.74. The molecule has 1 aliphatic heterocycles. The highest BCUT2D eigenvalue weighted by molar-refractivity contribution is 5.70. The standard InChI is InChI=1S/C27H27F2NO4/c1-33-25-14-19(9-12-24(25)34-17-18-6-3-2-4-7-18)26(22-11-10-21(28)15-23(22)29)30-13-5-8-20(16-30)27(31)32/h2-4,6-7,9-12,14-15,20,26H,5,8,13,16-17H2,1H3,(H,31,32). The van der Waals surface area contributed by atoms with Crippen LogP contribution in [0, 0.1) is 17.6 Å². The third kappa shape index (κ3) is 5.37. The molecule has 4 rings (SSSR count). The minimum Gasteiger partial charge on any atom is -0.493 e. The number of piperidine rings is 1. The van der Waals surface area contributed by atoms with Crippen LogP contribution < -0.4 is 9.47 Å². The van der Waals surface area contributed by atoms with Crippen LogP contribution in [0.1, 0.15) is 35.6 Å². The summed E-state index contributed by atoms with van der Waals surface area (Å²) in [7, 11) is 1.53. The van der Waals surface area contributed by atoms with E-state index in [0.717, 1.165) is 11.6 Å². The van der Waals surface area contributed by atoms with Gasteiger partial charge in [0.25, 0.3) is 0 Å². The Kier molecular flexibility index (Phi) is 7.43. The second kappa shape index (κ2) is 10.7. The molecule has 1 N–H and O–H groups in total. The van der Waals surface area contributed by atoms with E-state index in [0.29, 0.717) is 43.1 Å². The predicted octanol–water partition coefficient (Wildman–Crippen LogP) is 5.44. The third-order valence-corrected chi connectivity index (χ3v) is 6.16. The summed E-state index contributed by atoms with van der Waals surface area (Å²) in [6, 6.07) is 18.0. The zero-order chi connectivity index (χ0) is 24.1. The first-order valence-electron chi connectivity index (χ1n) is 11.2. The van der Waals surface area contributed by atoms with Crippen LogP contribution in [0.15, 0.2) is 66.7 Å². The van der Waals surface area contributed by atoms with Gasteiger partial charge in [-0.25, -0.2) is 8.78 Å². The average molecular weight is 468 g/mol. The Balaban J connectivity index is 1.68. The minimum atomic E-state index is -0.870. The summed E-state index contributed by atoms with van der Waals surface area (Å²) in [5, 5.41) is 9.55. The smallest absolute Gasteiger partial charge is 0.307 e. The van der Waals surface area contributed by atoms with Gasteiger partial charge in [0.1, 0.15) is 18.2 Å². The number of methoxy groups -OCH3 is 1. The van der Waals surface area contributed by atoms with Crippen LogP contribution in [-0.2, 0) is 11.4 Å². The number of rotatable bonds is 8. The Labute approximate surface area is 197 Å². The number of benzene rings is 3. The van der Waals surface area contributed by atoms with Crippen LogP contribution in [0.3, 0.4) is 0 Å². The van der Waals surface area contributed by atoms with E-state index in [1.165, 1.54) is 19.2 Å². The van der Waals surface area contributed by atoms with E-state index in [1.54, 1.807) is 12.1 Å². The Morgan fingerprint density at radius 3 is 2.59 bits per heavy atom. The van der Waals surface area contributed by atoms with Crippen molar-refractivity contribution in [2.24, 2.45) is 5.92 Å². The molecule has 5 nitrogen and oxygen atoms in total. The normalized spacial score (nSPS) is 17.2. The maximum atomic E-state index is 14.9. The summed E-state index contributed by atoms with van der Waals surface area (Å²) in [6.07, 6.45) is 1.24. The topological polar surface area (TPSA) is 59.0 Å². The molecule has 0 aromatic heterocycles. The molecule has 0 radical (unpaired) electrons. The van der Waals surface area contributed by atoms with E-state index in [9.17, 15) is 18.7 Å². The molecule has 1 saturated heterocycles. The van der Waals surface area contributed by atoms with Crippen molar-refractivity contribution >= 4 is 5.97 Å². The lowest BCUT2D eigenvalue weighted by atomic mass is 9.91. The molecule has 34 heavy (non-hydrogen) atoms. The Bertz CT molecular complexity index is 1140. The molecule has 0 amide bonds. The largest absolute Gasteiger partial charge is 0.493 e. The van der Waals surface area contributed by atoms with E-state index in [-0.39, 0.29) is 12.1 Å². The number of aliphatic carboxylic acids is 1. The lowest BCUT2D eigenvalue weighted by Crippen LogP contribution is -2.41. The third-order valence-electron chi connectivity index (χ3n) is 6.16. The molecule has 0 aliphatic carbocycles. The molecular formula is C27H27F2NO4. The molecule has 178 valence electrons. The van der Waals surface area contributed by atoms with Gasteiger partial charge in [0.05, 0.1) is 19.1 Å². The van der Waals surface area contributed by atoms with Crippen molar-refractivity contribution in [2.75, 3.05) is 20.2 Å². The van der Waals surface area contributed by atoms with Crippen LogP contribution >= 0.6 is 0 Å². The zero-order valence-electron chi connectivity index (χ0n) is 18.9. The molecule has 3 aromatic carbocycles. The number of likely N-dealkylation sites (tertiary alicyclic amines) is 1. The molecule has 7 heteroatoms. The Morgan fingerprint density at radius 2 is 1.88 bits per heavy atom. The number of hydrogen-bond acceptors (Lipinski definition) is 4. The Hall–Kier alpha value is -3.45. The van der Waals surface area contributed by atoms with Gasteiger partial charge in [0, 0.05) is 18.2 Å². The highest BCUT2D eigenvalue weighted by Gasteiger charge is 2.33. The quantitative estimate of drug-likeness (QED) is 0.478. The predicted molar refractivity (Wildman–Crippen MR) is 124 cm³/mol. The van der Waals surface area contributed by atoms with Crippen molar-refractivity contribution in [1.29, 1.82) is 0 Å². The lowest BCUT2D eigenvalue weighted by Gasteiger charge is -2.37. The van der Waals surface area contributed by atoms with E-state index in [2.05, 4.69) is 0 Å². The molecule has 1 fully saturated rings. The zero-order valence-corrected chi connectivity index (χ0v) is 18.9. The van der Waals surface area contributed by atoms with Crippen LogP contribution in [0.2, 0.25) is 0 Å². The van der Waals surface area contributed by atoms with Crippen molar-refractivity contribution in [3.05, 3.63) is 95.1 Å². The first-order chi connectivity index (χ1) is 16.5. The van der Waals surface area contributed by atoms with Gasteiger partial charge in [0.15, 0.2) is 11.5 Å². The number of hydrogen-bond donors (Lipinski definition) is 1. The number of carbonyl (C=O) groups is 1. The average Bonchev–Trinajstić information content (AvgIpc) is 2.85. The fourth-order valence-corrected chi connectivity index (χ4v) is 4.46. The highest BCUT2D eigenvalue weighted by atomic mass is 19.1. The number of carboxylic acids is 1. The number of carboxylic acid groups (broad SMARTS) is 1. The molecule has 2 atom stereocenters. The number of halogens is 2. The molecule has 0 spiro atoms. The van der Waals surface area contributed by atoms with E-state index in [1.807, 2.05) is 41.3 Å². The second-order valence-corrected chi connectivity index (χ2v) is 8.43. The van der Waals surface area contributed by atoms with Gasteiger partial charge in [-0.2, -0.15) is 0 Å². The van der Waals surface area contributed by atoms with Crippen molar-refractivity contribution in [3.63, 3.8) is 0 Å². The first-order valence-corrected chi connectivity index (χ1v) is 11.2. The van der Waals surface area contributed by atoms with E-state index >= 15 is 0 Å². The molecule has 1 aliphatic rings. The SMILES string of the molecule is COc1cc(C(c2ccc(F)cc2F)N2CCCC(C(=O)O)C2)ccc1OCc1ccccc1. The second-order valence-electron chi connectivity index (χ2n) is 8.43. The van der Waals surface area contributed by atoms with E-state index in [4.69, 9.17) is 9.47 Å². The molecule has 0 saturated carbocycles.